The van der Waals surface area contributed by atoms with Crippen LogP contribution in [-0.2, 0) is 5.41 Å². The van der Waals surface area contributed by atoms with Crippen molar-refractivity contribution in [2.45, 2.75) is 53.4 Å². The van der Waals surface area contributed by atoms with Gasteiger partial charge in [0.1, 0.15) is 0 Å². The van der Waals surface area contributed by atoms with Crippen LogP contribution >= 0.6 is 0 Å². The fourth-order valence-electron chi connectivity index (χ4n) is 3.94. The number of hydrogen-bond donors (Lipinski definition) is 0. The standard InChI is InChI=1S/C19H26/c1-7-16-17(8-2)19(6,13-18(16,4)5)15-11-9-14(3)10-12-15/h7-12H,13H2,1-6H3/b16-7+,17-8+. The predicted octanol–water partition coefficient (Wildman–Crippen LogP) is 5.58. The van der Waals surface area contributed by atoms with Crippen LogP contribution in [0.25, 0.3) is 0 Å². The van der Waals surface area contributed by atoms with Crippen molar-refractivity contribution in [3.8, 4) is 0 Å². The molecule has 0 heteroatoms. The van der Waals surface area contributed by atoms with Gasteiger partial charge in [-0.25, -0.2) is 0 Å². The lowest BCUT2D eigenvalue weighted by Crippen LogP contribution is -2.21. The molecule has 1 aromatic rings. The van der Waals surface area contributed by atoms with Crippen molar-refractivity contribution in [3.63, 3.8) is 0 Å². The van der Waals surface area contributed by atoms with Gasteiger partial charge in [0.25, 0.3) is 0 Å². The Labute approximate surface area is 118 Å². The molecule has 1 aliphatic carbocycles. The van der Waals surface area contributed by atoms with Crippen LogP contribution in [0.2, 0.25) is 0 Å². The van der Waals surface area contributed by atoms with Crippen LogP contribution in [0.1, 0.15) is 52.2 Å². The van der Waals surface area contributed by atoms with Gasteiger partial charge in [-0.05, 0) is 49.3 Å². The van der Waals surface area contributed by atoms with Gasteiger partial charge in [-0.1, -0.05) is 62.8 Å². The van der Waals surface area contributed by atoms with Crippen LogP contribution in [0.15, 0.2) is 47.6 Å². The van der Waals surface area contributed by atoms with E-state index < -0.39 is 0 Å². The molecule has 0 aromatic heterocycles. The molecule has 0 heterocycles. The fourth-order valence-corrected chi connectivity index (χ4v) is 3.94. The summed E-state index contributed by atoms with van der Waals surface area (Å²) < 4.78 is 0. The van der Waals surface area contributed by atoms with Crippen LogP contribution < -0.4 is 0 Å². The van der Waals surface area contributed by atoms with E-state index in [1.54, 1.807) is 0 Å². The van der Waals surface area contributed by atoms with Crippen molar-refractivity contribution >= 4 is 0 Å². The summed E-state index contributed by atoms with van der Waals surface area (Å²) in [6.45, 7) is 13.6. The Bertz CT molecular complexity index is 526. The van der Waals surface area contributed by atoms with E-state index in [1.165, 1.54) is 28.7 Å². The smallest absolute Gasteiger partial charge is 0.0182 e. The monoisotopic (exact) mass is 254 g/mol. The highest BCUT2D eigenvalue weighted by atomic mass is 14.5. The molecule has 0 N–H and O–H groups in total. The molecule has 1 fully saturated rings. The molecular formula is C19H26. The number of hydrogen-bond acceptors (Lipinski definition) is 0. The van der Waals surface area contributed by atoms with Gasteiger partial charge in [-0.2, -0.15) is 0 Å². The highest BCUT2D eigenvalue weighted by molar-refractivity contribution is 5.53. The van der Waals surface area contributed by atoms with Gasteiger partial charge in [0.2, 0.25) is 0 Å². The average Bonchev–Trinajstić information content (AvgIpc) is 2.55. The van der Waals surface area contributed by atoms with Crippen LogP contribution in [0, 0.1) is 12.3 Å². The van der Waals surface area contributed by atoms with E-state index in [-0.39, 0.29) is 10.8 Å². The minimum absolute atomic E-state index is 0.147. The molecule has 2 rings (SSSR count). The molecule has 0 aliphatic heterocycles. The molecule has 1 saturated carbocycles. The second-order valence-electron chi connectivity index (χ2n) is 6.66. The third-order valence-corrected chi connectivity index (χ3v) is 4.68. The van der Waals surface area contributed by atoms with E-state index >= 15 is 0 Å². The van der Waals surface area contributed by atoms with E-state index in [0.717, 1.165) is 0 Å². The Morgan fingerprint density at radius 3 is 1.89 bits per heavy atom. The summed E-state index contributed by atoms with van der Waals surface area (Å²) in [6, 6.07) is 9.06. The number of aryl methyl sites for hydroxylation is 1. The number of benzene rings is 1. The van der Waals surface area contributed by atoms with Gasteiger partial charge in [-0.3, -0.25) is 0 Å². The van der Waals surface area contributed by atoms with Gasteiger partial charge in [0, 0.05) is 5.41 Å². The Morgan fingerprint density at radius 1 is 0.895 bits per heavy atom. The normalized spacial score (nSPS) is 30.2. The predicted molar refractivity (Wildman–Crippen MR) is 84.4 cm³/mol. The lowest BCUT2D eigenvalue weighted by Gasteiger charge is -2.28. The summed E-state index contributed by atoms with van der Waals surface area (Å²) in [5.74, 6) is 0. The molecular weight excluding hydrogens is 228 g/mol. The van der Waals surface area contributed by atoms with E-state index in [4.69, 9.17) is 0 Å². The maximum absolute atomic E-state index is 2.39. The molecule has 1 unspecified atom stereocenters. The van der Waals surface area contributed by atoms with E-state index in [2.05, 4.69) is 78.0 Å². The molecule has 1 aromatic carbocycles. The zero-order valence-electron chi connectivity index (χ0n) is 13.2. The topological polar surface area (TPSA) is 0 Å². The molecule has 0 saturated heterocycles. The maximum atomic E-state index is 2.39. The van der Waals surface area contributed by atoms with E-state index in [1.807, 2.05) is 0 Å². The zero-order valence-corrected chi connectivity index (χ0v) is 13.2. The largest absolute Gasteiger partial charge is 0.0836 e. The lowest BCUT2D eigenvalue weighted by atomic mass is 9.75. The van der Waals surface area contributed by atoms with Crippen LogP contribution in [0.4, 0.5) is 0 Å². The third-order valence-electron chi connectivity index (χ3n) is 4.68. The summed E-state index contributed by atoms with van der Waals surface area (Å²) in [5, 5.41) is 0. The van der Waals surface area contributed by atoms with Crippen LogP contribution in [-0.4, -0.2) is 0 Å². The first-order valence-corrected chi connectivity index (χ1v) is 7.26. The average molecular weight is 254 g/mol. The van der Waals surface area contributed by atoms with Gasteiger partial charge in [-0.15, -0.1) is 0 Å². The lowest BCUT2D eigenvalue weighted by molar-refractivity contribution is 0.388. The molecule has 0 amide bonds. The van der Waals surface area contributed by atoms with Crippen molar-refractivity contribution in [2.75, 3.05) is 0 Å². The second kappa shape index (κ2) is 4.67. The van der Waals surface area contributed by atoms with Gasteiger partial charge in [0.15, 0.2) is 0 Å². The molecule has 0 radical (unpaired) electrons. The summed E-state index contributed by atoms with van der Waals surface area (Å²) in [4.78, 5) is 0. The van der Waals surface area contributed by atoms with E-state index in [9.17, 15) is 0 Å². The summed E-state index contributed by atoms with van der Waals surface area (Å²) >= 11 is 0. The molecule has 19 heavy (non-hydrogen) atoms. The summed E-state index contributed by atoms with van der Waals surface area (Å²) in [5.41, 5.74) is 6.19. The highest BCUT2D eigenvalue weighted by Gasteiger charge is 2.47. The van der Waals surface area contributed by atoms with Crippen molar-refractivity contribution in [3.05, 3.63) is 58.7 Å². The minimum atomic E-state index is 0.147. The molecule has 102 valence electrons. The van der Waals surface area contributed by atoms with Crippen molar-refractivity contribution < 1.29 is 0 Å². The minimum Gasteiger partial charge on any atom is -0.0836 e. The van der Waals surface area contributed by atoms with Crippen molar-refractivity contribution in [1.29, 1.82) is 0 Å². The highest BCUT2D eigenvalue weighted by Crippen LogP contribution is 2.57. The quantitative estimate of drug-likeness (QED) is 0.614. The third kappa shape index (κ3) is 2.18. The van der Waals surface area contributed by atoms with Crippen LogP contribution in [0.5, 0.6) is 0 Å². The number of rotatable bonds is 1. The summed E-state index contributed by atoms with van der Waals surface area (Å²) in [7, 11) is 0. The van der Waals surface area contributed by atoms with Gasteiger partial charge < -0.3 is 0 Å². The maximum Gasteiger partial charge on any atom is 0.0182 e. The number of allylic oxidation sites excluding steroid dienone is 4. The zero-order chi connectivity index (χ0) is 14.3. The van der Waals surface area contributed by atoms with Gasteiger partial charge in [0.05, 0.1) is 0 Å². The first kappa shape index (κ1) is 14.1. The molecule has 1 aliphatic rings. The Hall–Kier alpha value is -1.30. The molecule has 0 nitrogen and oxygen atoms in total. The Balaban J connectivity index is 2.58. The SMILES string of the molecule is C/C=C1\C(=C/C)C(C)(c2ccc(C)cc2)CC1(C)C. The first-order valence-electron chi connectivity index (χ1n) is 7.26. The molecule has 1 atom stereocenters. The van der Waals surface area contributed by atoms with E-state index in [0.29, 0.717) is 0 Å². The van der Waals surface area contributed by atoms with Crippen LogP contribution in [0.3, 0.4) is 0 Å². The molecule has 0 bridgehead atoms. The fraction of sp³-hybridized carbons (Fsp3) is 0.474. The Morgan fingerprint density at radius 2 is 1.42 bits per heavy atom. The van der Waals surface area contributed by atoms with Gasteiger partial charge >= 0.3 is 0 Å². The van der Waals surface area contributed by atoms with Crippen molar-refractivity contribution in [2.24, 2.45) is 5.41 Å². The second-order valence-corrected chi connectivity index (χ2v) is 6.66. The Kier molecular flexibility index (Phi) is 3.47. The first-order chi connectivity index (χ1) is 8.85. The summed E-state index contributed by atoms with van der Waals surface area (Å²) in [6.07, 6.45) is 5.79. The molecule has 0 spiro atoms. The van der Waals surface area contributed by atoms with Crippen molar-refractivity contribution in [1.82, 2.24) is 0 Å².